The van der Waals surface area contributed by atoms with Crippen LogP contribution in [-0.4, -0.2) is 34.3 Å². The number of para-hydroxylation sites is 2. The van der Waals surface area contributed by atoms with Gasteiger partial charge in [0.15, 0.2) is 23.0 Å². The molecule has 1 amide bonds. The smallest absolute Gasteiger partial charge is 0.248 e. The number of benzene rings is 3. The van der Waals surface area contributed by atoms with Crippen LogP contribution in [0.1, 0.15) is 5.56 Å². The molecule has 32 heavy (non-hydrogen) atoms. The Bertz CT molecular complexity index is 1070. The van der Waals surface area contributed by atoms with Gasteiger partial charge in [-0.25, -0.2) is 0 Å². The first-order valence-corrected chi connectivity index (χ1v) is 9.78. The van der Waals surface area contributed by atoms with E-state index < -0.39 is 0 Å². The summed E-state index contributed by atoms with van der Waals surface area (Å²) in [6, 6.07) is 18.0. The zero-order chi connectivity index (χ0) is 22.9. The second kappa shape index (κ2) is 10.8. The largest absolute Gasteiger partial charge is 0.493 e. The molecular formula is C25H25NO6. The lowest BCUT2D eigenvalue weighted by atomic mass is 10.1. The Hall–Kier alpha value is -4.13. The molecule has 166 valence electrons. The summed E-state index contributed by atoms with van der Waals surface area (Å²) in [5.74, 6) is 3.11. The van der Waals surface area contributed by atoms with Gasteiger partial charge in [0.1, 0.15) is 5.75 Å². The number of carbonyl (C=O) groups is 1. The molecule has 0 fully saturated rings. The van der Waals surface area contributed by atoms with Crippen molar-refractivity contribution in [3.8, 4) is 34.5 Å². The molecule has 3 aromatic rings. The van der Waals surface area contributed by atoms with Crippen molar-refractivity contribution < 1.29 is 28.5 Å². The predicted molar refractivity (Wildman–Crippen MR) is 123 cm³/mol. The molecule has 0 spiro atoms. The number of methoxy groups -OCH3 is 4. The summed E-state index contributed by atoms with van der Waals surface area (Å²) in [4.78, 5) is 12.3. The summed E-state index contributed by atoms with van der Waals surface area (Å²) in [7, 11) is 6.21. The van der Waals surface area contributed by atoms with Crippen molar-refractivity contribution in [1.82, 2.24) is 0 Å². The number of anilines is 1. The van der Waals surface area contributed by atoms with Crippen molar-refractivity contribution >= 4 is 17.7 Å². The van der Waals surface area contributed by atoms with Gasteiger partial charge in [-0.1, -0.05) is 12.1 Å². The second-order valence-corrected chi connectivity index (χ2v) is 6.56. The first-order chi connectivity index (χ1) is 15.6. The van der Waals surface area contributed by atoms with Gasteiger partial charge < -0.3 is 29.0 Å². The number of rotatable bonds is 9. The molecule has 0 atom stereocenters. The van der Waals surface area contributed by atoms with Crippen molar-refractivity contribution in [3.05, 3.63) is 72.3 Å². The first kappa shape index (κ1) is 22.6. The van der Waals surface area contributed by atoms with E-state index >= 15 is 0 Å². The third-order valence-corrected chi connectivity index (χ3v) is 4.53. The molecule has 7 nitrogen and oxygen atoms in total. The summed E-state index contributed by atoms with van der Waals surface area (Å²) in [6.45, 7) is 0. The van der Waals surface area contributed by atoms with Crippen molar-refractivity contribution in [2.24, 2.45) is 0 Å². The van der Waals surface area contributed by atoms with Gasteiger partial charge in [-0.2, -0.15) is 0 Å². The lowest BCUT2D eigenvalue weighted by Crippen LogP contribution is -2.07. The highest BCUT2D eigenvalue weighted by Gasteiger charge is 2.12. The molecule has 1 N–H and O–H groups in total. The second-order valence-electron chi connectivity index (χ2n) is 6.56. The minimum Gasteiger partial charge on any atom is -0.493 e. The number of nitrogens with one attached hydrogen (secondary N) is 1. The highest BCUT2D eigenvalue weighted by atomic mass is 16.5. The topological polar surface area (TPSA) is 75.3 Å². The lowest BCUT2D eigenvalue weighted by Gasteiger charge is -2.12. The maximum absolute atomic E-state index is 12.3. The van der Waals surface area contributed by atoms with Gasteiger partial charge in [-0.3, -0.25) is 4.79 Å². The van der Waals surface area contributed by atoms with E-state index in [0.717, 1.165) is 5.56 Å². The number of ether oxygens (including phenoxy) is 5. The summed E-state index contributed by atoms with van der Waals surface area (Å²) >= 11 is 0. The Morgan fingerprint density at radius 3 is 1.91 bits per heavy atom. The quantitative estimate of drug-likeness (QED) is 0.468. The molecule has 0 unspecified atom stereocenters. The normalized spacial score (nSPS) is 10.5. The predicted octanol–water partition coefficient (Wildman–Crippen LogP) is 5.17. The number of amides is 1. The van der Waals surface area contributed by atoms with Crippen molar-refractivity contribution in [3.63, 3.8) is 0 Å². The summed E-state index contributed by atoms with van der Waals surface area (Å²) in [6.07, 6.45) is 3.10. The molecule has 0 saturated heterocycles. The van der Waals surface area contributed by atoms with Gasteiger partial charge in [0.2, 0.25) is 11.7 Å². The van der Waals surface area contributed by atoms with Crippen LogP contribution in [0.4, 0.5) is 5.69 Å². The molecule has 0 aliphatic carbocycles. The Kier molecular flexibility index (Phi) is 7.59. The Balaban J connectivity index is 1.65. The van der Waals surface area contributed by atoms with Crippen molar-refractivity contribution in [2.75, 3.05) is 33.8 Å². The van der Waals surface area contributed by atoms with E-state index in [4.69, 9.17) is 23.7 Å². The van der Waals surface area contributed by atoms with Gasteiger partial charge >= 0.3 is 0 Å². The van der Waals surface area contributed by atoms with Crippen molar-refractivity contribution in [1.29, 1.82) is 0 Å². The standard InChI is InChI=1S/C25H25NO6/c1-28-20-7-5-6-8-21(20)32-19-12-10-18(11-13-19)26-24(27)14-9-17-15-22(29-2)25(31-4)23(16-17)30-3/h5-16H,1-4H3,(H,26,27)/b14-9+. The highest BCUT2D eigenvalue weighted by molar-refractivity contribution is 6.02. The fourth-order valence-electron chi connectivity index (χ4n) is 2.99. The fraction of sp³-hybridized carbons (Fsp3) is 0.160. The zero-order valence-corrected chi connectivity index (χ0v) is 18.4. The Morgan fingerprint density at radius 2 is 1.34 bits per heavy atom. The molecule has 0 bridgehead atoms. The molecule has 7 heteroatoms. The van der Waals surface area contributed by atoms with Gasteiger partial charge in [0, 0.05) is 11.8 Å². The van der Waals surface area contributed by atoms with Crippen LogP contribution in [0, 0.1) is 0 Å². The van der Waals surface area contributed by atoms with E-state index in [0.29, 0.717) is 40.2 Å². The van der Waals surface area contributed by atoms with E-state index in [1.54, 1.807) is 63.8 Å². The van der Waals surface area contributed by atoms with E-state index in [9.17, 15) is 4.79 Å². The van der Waals surface area contributed by atoms with Crippen LogP contribution in [-0.2, 0) is 4.79 Å². The van der Waals surface area contributed by atoms with Crippen LogP contribution >= 0.6 is 0 Å². The lowest BCUT2D eigenvalue weighted by molar-refractivity contribution is -0.111. The molecule has 0 aliphatic rings. The maximum Gasteiger partial charge on any atom is 0.248 e. The number of carbonyl (C=O) groups excluding carboxylic acids is 1. The van der Waals surface area contributed by atoms with E-state index in [2.05, 4.69) is 5.32 Å². The van der Waals surface area contributed by atoms with Gasteiger partial charge in [0.05, 0.1) is 28.4 Å². The monoisotopic (exact) mass is 435 g/mol. The van der Waals surface area contributed by atoms with Crippen LogP contribution < -0.4 is 29.0 Å². The average molecular weight is 435 g/mol. The minimum atomic E-state index is -0.280. The maximum atomic E-state index is 12.3. The molecular weight excluding hydrogens is 410 g/mol. The van der Waals surface area contributed by atoms with E-state index in [1.807, 2.05) is 24.3 Å². The minimum absolute atomic E-state index is 0.280. The third-order valence-electron chi connectivity index (χ3n) is 4.53. The molecule has 3 aromatic carbocycles. The summed E-state index contributed by atoms with van der Waals surface area (Å²) in [5.41, 5.74) is 1.37. The van der Waals surface area contributed by atoms with E-state index in [-0.39, 0.29) is 5.91 Å². The van der Waals surface area contributed by atoms with Crippen LogP contribution in [0.2, 0.25) is 0 Å². The zero-order valence-electron chi connectivity index (χ0n) is 18.4. The highest BCUT2D eigenvalue weighted by Crippen LogP contribution is 2.38. The van der Waals surface area contributed by atoms with Crippen LogP contribution in [0.15, 0.2) is 66.7 Å². The number of hydrogen-bond acceptors (Lipinski definition) is 6. The summed E-state index contributed by atoms with van der Waals surface area (Å²) in [5, 5.41) is 2.81. The Labute approximate surface area is 187 Å². The average Bonchev–Trinajstić information content (AvgIpc) is 2.83. The Morgan fingerprint density at radius 1 is 0.750 bits per heavy atom. The molecule has 0 aliphatic heterocycles. The molecule has 0 aromatic heterocycles. The van der Waals surface area contributed by atoms with E-state index in [1.165, 1.54) is 13.2 Å². The van der Waals surface area contributed by atoms with Crippen LogP contribution in [0.5, 0.6) is 34.5 Å². The number of hydrogen-bond donors (Lipinski definition) is 1. The summed E-state index contributed by atoms with van der Waals surface area (Å²) < 4.78 is 27.1. The first-order valence-electron chi connectivity index (χ1n) is 9.78. The molecule has 3 rings (SSSR count). The van der Waals surface area contributed by atoms with Crippen LogP contribution in [0.3, 0.4) is 0 Å². The molecule has 0 saturated carbocycles. The van der Waals surface area contributed by atoms with Gasteiger partial charge in [-0.05, 0) is 60.2 Å². The van der Waals surface area contributed by atoms with Gasteiger partial charge in [0.25, 0.3) is 0 Å². The molecule has 0 radical (unpaired) electrons. The molecule has 0 heterocycles. The third kappa shape index (κ3) is 5.51. The van der Waals surface area contributed by atoms with Crippen molar-refractivity contribution in [2.45, 2.75) is 0 Å². The SMILES string of the molecule is COc1ccccc1Oc1ccc(NC(=O)/C=C/c2cc(OC)c(OC)c(OC)c2)cc1. The van der Waals surface area contributed by atoms with Crippen LogP contribution in [0.25, 0.3) is 6.08 Å². The fourth-order valence-corrected chi connectivity index (χ4v) is 2.99. The van der Waals surface area contributed by atoms with Gasteiger partial charge in [-0.15, -0.1) is 0 Å².